The Morgan fingerprint density at radius 2 is 1.06 bits per heavy atom. The minimum atomic E-state index is 0. The predicted octanol–water partition coefficient (Wildman–Crippen LogP) is 0.357. The first-order chi connectivity index (χ1) is 6.60. The molecule has 1 aromatic rings. The van der Waals surface area contributed by atoms with Gasteiger partial charge in [0.05, 0.1) is 0 Å². The monoisotopic (exact) mass is 330 g/mol. The van der Waals surface area contributed by atoms with Crippen LogP contribution in [0.1, 0.15) is 52.7 Å². The Morgan fingerprint density at radius 3 is 1.29 bits per heavy atom. The molecule has 3 heteroatoms. The molecule has 0 aliphatic carbocycles. The van der Waals surface area contributed by atoms with E-state index in [-0.39, 0.29) is 55.2 Å². The van der Waals surface area contributed by atoms with Gasteiger partial charge in [0.1, 0.15) is 0 Å². The van der Waals surface area contributed by atoms with Crippen molar-refractivity contribution in [2.45, 2.75) is 52.4 Å². The summed E-state index contributed by atoms with van der Waals surface area (Å²) in [6.07, 6.45) is 0. The average Bonchev–Trinajstić information content (AvgIpc) is 1.99. The first-order valence-corrected chi connectivity index (χ1v) is 5.44. The van der Waals surface area contributed by atoms with Crippen LogP contribution in [-0.4, -0.2) is 0 Å². The molecule has 0 saturated carbocycles. The van der Waals surface area contributed by atoms with Crippen LogP contribution in [0.4, 0.5) is 0 Å². The van der Waals surface area contributed by atoms with E-state index in [1.807, 2.05) is 0 Å². The number of halogens is 1. The summed E-state index contributed by atoms with van der Waals surface area (Å²) in [5, 5.41) is 11.6. The van der Waals surface area contributed by atoms with Crippen LogP contribution in [0.15, 0.2) is 18.2 Å². The van der Waals surface area contributed by atoms with Crippen molar-refractivity contribution < 1.29 is 43.7 Å². The molecular formula is C14H21ClOZr. The third kappa shape index (κ3) is 5.57. The maximum atomic E-state index is 11.6. The first-order valence-electron chi connectivity index (χ1n) is 5.44. The third-order valence-corrected chi connectivity index (χ3v) is 2.64. The summed E-state index contributed by atoms with van der Waals surface area (Å²) in [6, 6.07) is 5.64. The van der Waals surface area contributed by atoms with Gasteiger partial charge in [0, 0.05) is 0 Å². The normalized spacial score (nSPS) is 11.4. The fourth-order valence-corrected chi connectivity index (χ4v) is 1.47. The Morgan fingerprint density at radius 1 is 0.765 bits per heavy atom. The zero-order chi connectivity index (χ0) is 11.9. The van der Waals surface area contributed by atoms with Crippen LogP contribution in [0.5, 0.6) is 5.75 Å². The maximum absolute atomic E-state index is 11.6. The molecule has 0 amide bonds. The molecule has 0 aliphatic heterocycles. The van der Waals surface area contributed by atoms with E-state index >= 15 is 0 Å². The van der Waals surface area contributed by atoms with Gasteiger partial charge in [-0.05, 0) is 22.0 Å². The van der Waals surface area contributed by atoms with Gasteiger partial charge in [0.25, 0.3) is 0 Å². The van der Waals surface area contributed by atoms with Gasteiger partial charge in [-0.25, -0.2) is 0 Å². The molecular weight excluding hydrogens is 311 g/mol. The molecule has 94 valence electrons. The molecule has 0 bridgehead atoms. The molecule has 0 fully saturated rings. The minimum Gasteiger partial charge on any atom is -1.00 e. The smallest absolute Gasteiger partial charge is 1.00 e. The molecule has 1 aromatic carbocycles. The Hall–Kier alpha value is 0.193. The molecule has 0 unspecified atom stereocenters. The van der Waals surface area contributed by atoms with Crippen molar-refractivity contribution in [3.05, 3.63) is 29.3 Å². The van der Waals surface area contributed by atoms with Gasteiger partial charge in [0.2, 0.25) is 0 Å². The molecule has 0 N–H and O–H groups in total. The summed E-state index contributed by atoms with van der Waals surface area (Å²) < 4.78 is 0. The minimum absolute atomic E-state index is 0. The van der Waals surface area contributed by atoms with Gasteiger partial charge < -0.3 is 17.5 Å². The van der Waals surface area contributed by atoms with Crippen molar-refractivity contribution in [1.29, 1.82) is 0 Å². The predicted molar refractivity (Wildman–Crippen MR) is 63.3 cm³/mol. The van der Waals surface area contributed by atoms with E-state index in [1.54, 1.807) is 12.1 Å². The van der Waals surface area contributed by atoms with Crippen LogP contribution in [-0.2, 0) is 37.0 Å². The van der Waals surface area contributed by atoms with Crippen molar-refractivity contribution in [2.24, 2.45) is 0 Å². The molecule has 0 radical (unpaired) electrons. The Bertz CT molecular complexity index is 329. The van der Waals surface area contributed by atoms with Crippen LogP contribution in [0, 0.1) is 0 Å². The molecule has 0 aromatic heterocycles. The molecule has 0 heterocycles. The molecule has 1 rings (SSSR count). The molecule has 0 atom stereocenters. The van der Waals surface area contributed by atoms with E-state index in [1.165, 1.54) is 0 Å². The van der Waals surface area contributed by atoms with E-state index in [9.17, 15) is 5.11 Å². The number of rotatable bonds is 0. The molecule has 0 saturated heterocycles. The van der Waals surface area contributed by atoms with Crippen molar-refractivity contribution in [3.8, 4) is 5.75 Å². The van der Waals surface area contributed by atoms with E-state index < -0.39 is 0 Å². The van der Waals surface area contributed by atoms with Crippen LogP contribution in [0.25, 0.3) is 0 Å². The van der Waals surface area contributed by atoms with E-state index in [4.69, 9.17) is 0 Å². The number of benzene rings is 1. The number of hydrogen-bond donors (Lipinski definition) is 0. The third-order valence-electron chi connectivity index (χ3n) is 2.64. The maximum Gasteiger partial charge on any atom is 2.00 e. The van der Waals surface area contributed by atoms with E-state index in [2.05, 4.69) is 47.6 Å². The summed E-state index contributed by atoms with van der Waals surface area (Å²) in [5.41, 5.74) is 2.33. The van der Waals surface area contributed by atoms with Crippen LogP contribution in [0.2, 0.25) is 0 Å². The average molecular weight is 332 g/mol. The van der Waals surface area contributed by atoms with Crippen LogP contribution >= 0.6 is 0 Å². The van der Waals surface area contributed by atoms with Gasteiger partial charge in [-0.1, -0.05) is 59.7 Å². The summed E-state index contributed by atoms with van der Waals surface area (Å²) in [4.78, 5) is 0. The standard InChI is InChI=1S/C14H22O.ClH.Zr/c1-13(2,3)10-7-11(14(4,5)6)9-12(15)8-10;;/h7-9,15H,1-6H3;1H;/q;;+2/p-2. The topological polar surface area (TPSA) is 23.1 Å². The first kappa shape index (κ1) is 19.5. The quantitative estimate of drug-likeness (QED) is 0.673. The van der Waals surface area contributed by atoms with E-state index in [0.717, 1.165) is 11.1 Å². The fraction of sp³-hybridized carbons (Fsp3) is 0.571. The second-order valence-electron chi connectivity index (χ2n) is 6.25. The van der Waals surface area contributed by atoms with Gasteiger partial charge in [-0.3, -0.25) is 0 Å². The van der Waals surface area contributed by atoms with E-state index in [0.29, 0.717) is 0 Å². The second-order valence-corrected chi connectivity index (χ2v) is 6.25. The van der Waals surface area contributed by atoms with Crippen molar-refractivity contribution in [2.75, 3.05) is 0 Å². The van der Waals surface area contributed by atoms with Crippen molar-refractivity contribution in [1.82, 2.24) is 0 Å². The fourth-order valence-electron chi connectivity index (χ4n) is 1.47. The molecule has 0 aliphatic rings. The van der Waals surface area contributed by atoms with Crippen molar-refractivity contribution >= 4 is 0 Å². The van der Waals surface area contributed by atoms with Crippen molar-refractivity contribution in [3.63, 3.8) is 0 Å². The summed E-state index contributed by atoms with van der Waals surface area (Å²) in [6.45, 7) is 12.8. The zero-order valence-electron chi connectivity index (χ0n) is 11.5. The van der Waals surface area contributed by atoms with Gasteiger partial charge in [-0.2, -0.15) is 0 Å². The number of hydrogen-bond acceptors (Lipinski definition) is 1. The van der Waals surface area contributed by atoms with Crippen LogP contribution in [0.3, 0.4) is 0 Å². The zero-order valence-corrected chi connectivity index (χ0v) is 14.7. The summed E-state index contributed by atoms with van der Waals surface area (Å²) in [5.74, 6) is 0.118. The molecule has 17 heavy (non-hydrogen) atoms. The van der Waals surface area contributed by atoms with Gasteiger partial charge in [0.15, 0.2) is 0 Å². The van der Waals surface area contributed by atoms with Crippen LogP contribution < -0.4 is 17.5 Å². The Balaban J connectivity index is 0. The Labute approximate surface area is 131 Å². The van der Waals surface area contributed by atoms with Gasteiger partial charge >= 0.3 is 26.2 Å². The Kier molecular flexibility index (Phi) is 7.34. The molecule has 0 spiro atoms. The summed E-state index contributed by atoms with van der Waals surface area (Å²) in [7, 11) is 0. The SMILES string of the molecule is CC(C)(C)c1cc([O-])cc(C(C)(C)C)c1.[Cl-].[Zr+2]. The van der Waals surface area contributed by atoms with Gasteiger partial charge in [-0.15, -0.1) is 5.75 Å². The second kappa shape index (κ2) is 6.39. The summed E-state index contributed by atoms with van der Waals surface area (Å²) >= 11 is 0. The molecule has 1 nitrogen and oxygen atoms in total. The largest absolute Gasteiger partial charge is 2.00 e.